The van der Waals surface area contributed by atoms with Crippen molar-refractivity contribution in [2.24, 2.45) is 0 Å². The number of carbonyl (C=O) groups is 1. The predicted octanol–water partition coefficient (Wildman–Crippen LogP) is -0.352. The largest absolute Gasteiger partial charge is 0.465 e. The highest BCUT2D eigenvalue weighted by Gasteiger charge is 2.24. The van der Waals surface area contributed by atoms with E-state index in [-0.39, 0.29) is 18.5 Å². The van der Waals surface area contributed by atoms with Crippen molar-refractivity contribution >= 4 is 17.5 Å². The minimum absolute atomic E-state index is 0.0630. The average Bonchev–Trinajstić information content (AvgIpc) is 2.46. The molecule has 0 saturated carbocycles. The van der Waals surface area contributed by atoms with E-state index in [0.717, 1.165) is 0 Å². The van der Waals surface area contributed by atoms with Gasteiger partial charge >= 0.3 is 5.97 Å². The van der Waals surface area contributed by atoms with Crippen molar-refractivity contribution in [2.45, 2.75) is 6.10 Å². The number of rotatable bonds is 3. The molecule has 1 fully saturated rings. The van der Waals surface area contributed by atoms with E-state index in [0.29, 0.717) is 30.9 Å². The van der Waals surface area contributed by atoms with Crippen LogP contribution in [0.15, 0.2) is 12.3 Å². The first kappa shape index (κ1) is 13.6. The number of aliphatic hydroxyl groups is 1. The zero-order chi connectivity index (χ0) is 13.8. The van der Waals surface area contributed by atoms with E-state index in [1.807, 2.05) is 4.90 Å². The first-order valence-electron chi connectivity index (χ1n) is 5.97. The number of hydrogen-bond acceptors (Lipinski definition) is 7. The molecule has 2 rings (SSSR count). The van der Waals surface area contributed by atoms with Crippen LogP contribution in [-0.2, 0) is 9.47 Å². The SMILES string of the molecule is COC(=O)c1cc(N)ncc1N1CCOC(CO)C1. The molecule has 0 bridgehead atoms. The van der Waals surface area contributed by atoms with Crippen molar-refractivity contribution in [3.8, 4) is 0 Å². The Hall–Kier alpha value is -1.86. The van der Waals surface area contributed by atoms with Gasteiger partial charge < -0.3 is 25.2 Å². The van der Waals surface area contributed by atoms with Crippen LogP contribution >= 0.6 is 0 Å². The van der Waals surface area contributed by atoms with E-state index < -0.39 is 5.97 Å². The molecule has 2 heterocycles. The number of aromatic nitrogens is 1. The molecule has 1 aromatic heterocycles. The van der Waals surface area contributed by atoms with Gasteiger partial charge in [0.2, 0.25) is 0 Å². The average molecular weight is 267 g/mol. The highest BCUT2D eigenvalue weighted by molar-refractivity contribution is 5.96. The topological polar surface area (TPSA) is 97.9 Å². The summed E-state index contributed by atoms with van der Waals surface area (Å²) in [7, 11) is 1.32. The van der Waals surface area contributed by atoms with Crippen LogP contribution < -0.4 is 10.6 Å². The quantitative estimate of drug-likeness (QED) is 0.722. The Morgan fingerprint density at radius 1 is 1.74 bits per heavy atom. The maximum absolute atomic E-state index is 11.8. The van der Waals surface area contributed by atoms with Crippen molar-refractivity contribution in [3.63, 3.8) is 0 Å². The van der Waals surface area contributed by atoms with Crippen LogP contribution in [0.1, 0.15) is 10.4 Å². The molecule has 1 saturated heterocycles. The molecule has 0 amide bonds. The summed E-state index contributed by atoms with van der Waals surface area (Å²) in [5.74, 6) is -0.202. The first-order valence-corrected chi connectivity index (χ1v) is 5.97. The zero-order valence-corrected chi connectivity index (χ0v) is 10.7. The van der Waals surface area contributed by atoms with Crippen LogP contribution in [0.3, 0.4) is 0 Å². The lowest BCUT2D eigenvalue weighted by Gasteiger charge is -2.34. The molecular weight excluding hydrogens is 250 g/mol. The molecule has 19 heavy (non-hydrogen) atoms. The van der Waals surface area contributed by atoms with Gasteiger partial charge in [-0.15, -0.1) is 0 Å². The van der Waals surface area contributed by atoms with Crippen LogP contribution in [0, 0.1) is 0 Å². The second-order valence-corrected chi connectivity index (χ2v) is 4.24. The minimum Gasteiger partial charge on any atom is -0.465 e. The Kier molecular flexibility index (Phi) is 4.18. The number of ether oxygens (including phenoxy) is 2. The molecule has 1 atom stereocenters. The Bertz CT molecular complexity index is 466. The number of anilines is 2. The lowest BCUT2D eigenvalue weighted by molar-refractivity contribution is 0.00346. The molecule has 3 N–H and O–H groups in total. The molecular formula is C12H17N3O4. The standard InChI is InChI=1S/C12H17N3O4/c1-18-12(17)9-4-11(13)14-5-10(9)15-2-3-19-8(6-15)7-16/h4-5,8,16H,2-3,6-7H2,1H3,(H2,13,14). The number of carbonyl (C=O) groups excluding carboxylic acids is 1. The number of methoxy groups -OCH3 is 1. The smallest absolute Gasteiger partial charge is 0.340 e. The van der Waals surface area contributed by atoms with Crippen LogP contribution in [0.2, 0.25) is 0 Å². The van der Waals surface area contributed by atoms with Gasteiger partial charge in [-0.2, -0.15) is 0 Å². The summed E-state index contributed by atoms with van der Waals surface area (Å²) in [6.07, 6.45) is 1.28. The van der Waals surface area contributed by atoms with Crippen LogP contribution in [0.4, 0.5) is 11.5 Å². The van der Waals surface area contributed by atoms with Gasteiger partial charge in [0.05, 0.1) is 43.9 Å². The predicted molar refractivity (Wildman–Crippen MR) is 69.0 cm³/mol. The van der Waals surface area contributed by atoms with E-state index in [9.17, 15) is 4.79 Å². The fourth-order valence-electron chi connectivity index (χ4n) is 2.04. The molecule has 0 spiro atoms. The van der Waals surface area contributed by atoms with Gasteiger partial charge in [-0.05, 0) is 6.07 Å². The zero-order valence-electron chi connectivity index (χ0n) is 10.7. The second kappa shape index (κ2) is 5.85. The van der Waals surface area contributed by atoms with Crippen molar-refractivity contribution < 1.29 is 19.4 Å². The monoisotopic (exact) mass is 267 g/mol. The lowest BCUT2D eigenvalue weighted by atomic mass is 10.1. The highest BCUT2D eigenvalue weighted by atomic mass is 16.5. The summed E-state index contributed by atoms with van der Waals surface area (Å²) in [6, 6.07) is 1.49. The highest BCUT2D eigenvalue weighted by Crippen LogP contribution is 2.24. The number of nitrogen functional groups attached to an aromatic ring is 1. The van der Waals surface area contributed by atoms with Crippen molar-refractivity contribution in [1.82, 2.24) is 4.98 Å². The molecule has 7 nitrogen and oxygen atoms in total. The minimum atomic E-state index is -0.462. The molecule has 0 radical (unpaired) electrons. The fourth-order valence-corrected chi connectivity index (χ4v) is 2.04. The summed E-state index contributed by atoms with van der Waals surface area (Å²) >= 11 is 0. The van der Waals surface area contributed by atoms with Crippen molar-refractivity contribution in [3.05, 3.63) is 17.8 Å². The molecule has 0 aliphatic carbocycles. The summed E-state index contributed by atoms with van der Waals surface area (Å²) in [5.41, 5.74) is 6.61. The normalized spacial score (nSPS) is 19.3. The molecule has 1 aromatic rings. The molecule has 104 valence electrons. The van der Waals surface area contributed by atoms with E-state index in [4.69, 9.17) is 20.3 Å². The maximum atomic E-state index is 11.8. The Balaban J connectivity index is 2.30. The van der Waals surface area contributed by atoms with Crippen LogP contribution in [0.25, 0.3) is 0 Å². The first-order chi connectivity index (χ1) is 9.15. The third kappa shape index (κ3) is 2.94. The van der Waals surface area contributed by atoms with Gasteiger partial charge in [-0.25, -0.2) is 9.78 Å². The summed E-state index contributed by atoms with van der Waals surface area (Å²) in [6.45, 7) is 1.53. The number of esters is 1. The Morgan fingerprint density at radius 3 is 3.21 bits per heavy atom. The lowest BCUT2D eigenvalue weighted by Crippen LogP contribution is -2.44. The number of nitrogens with two attached hydrogens (primary N) is 1. The van der Waals surface area contributed by atoms with E-state index in [1.54, 1.807) is 6.20 Å². The molecule has 1 aliphatic heterocycles. The van der Waals surface area contributed by atoms with Gasteiger partial charge in [0.15, 0.2) is 0 Å². The van der Waals surface area contributed by atoms with E-state index >= 15 is 0 Å². The summed E-state index contributed by atoms with van der Waals surface area (Å²) in [4.78, 5) is 17.7. The summed E-state index contributed by atoms with van der Waals surface area (Å²) < 4.78 is 10.1. The number of aliphatic hydroxyl groups excluding tert-OH is 1. The van der Waals surface area contributed by atoms with Gasteiger partial charge in [-0.3, -0.25) is 0 Å². The Morgan fingerprint density at radius 2 is 2.53 bits per heavy atom. The summed E-state index contributed by atoms with van der Waals surface area (Å²) in [5, 5.41) is 9.15. The van der Waals surface area contributed by atoms with Crippen LogP contribution in [-0.4, -0.2) is 55.6 Å². The van der Waals surface area contributed by atoms with E-state index in [1.165, 1.54) is 13.2 Å². The number of morpholine rings is 1. The molecule has 1 unspecified atom stereocenters. The van der Waals surface area contributed by atoms with Gasteiger partial charge in [0.1, 0.15) is 5.82 Å². The van der Waals surface area contributed by atoms with Crippen molar-refractivity contribution in [1.29, 1.82) is 0 Å². The molecule has 1 aliphatic rings. The molecule has 7 heteroatoms. The van der Waals surface area contributed by atoms with Gasteiger partial charge in [-0.1, -0.05) is 0 Å². The maximum Gasteiger partial charge on any atom is 0.340 e. The molecule has 0 aromatic carbocycles. The van der Waals surface area contributed by atoms with Gasteiger partial charge in [0, 0.05) is 13.1 Å². The number of nitrogens with zero attached hydrogens (tertiary/aromatic N) is 2. The van der Waals surface area contributed by atoms with Gasteiger partial charge in [0.25, 0.3) is 0 Å². The number of hydrogen-bond donors (Lipinski definition) is 2. The van der Waals surface area contributed by atoms with Crippen LogP contribution in [0.5, 0.6) is 0 Å². The fraction of sp³-hybridized carbons (Fsp3) is 0.500. The van der Waals surface area contributed by atoms with Crippen molar-refractivity contribution in [2.75, 3.05) is 44.0 Å². The third-order valence-electron chi connectivity index (χ3n) is 2.99. The number of pyridine rings is 1. The Labute approximate surface area is 110 Å². The third-order valence-corrected chi connectivity index (χ3v) is 2.99. The van der Waals surface area contributed by atoms with E-state index in [2.05, 4.69) is 4.98 Å². The second-order valence-electron chi connectivity index (χ2n) is 4.24.